The maximum Gasteiger partial charge on any atom is 0.340 e. The molecule has 0 amide bonds. The second-order valence-corrected chi connectivity index (χ2v) is 4.64. The van der Waals surface area contributed by atoms with Crippen LogP contribution in [0, 0.1) is 0 Å². The highest BCUT2D eigenvalue weighted by Gasteiger charge is 2.07. The Morgan fingerprint density at radius 1 is 1.23 bits per heavy atom. The van der Waals surface area contributed by atoms with Crippen LogP contribution in [0.1, 0.15) is 18.4 Å². The van der Waals surface area contributed by atoms with Gasteiger partial charge in [-0.05, 0) is 18.6 Å². The van der Waals surface area contributed by atoms with E-state index in [2.05, 4.69) is 35.5 Å². The van der Waals surface area contributed by atoms with Crippen LogP contribution in [0.15, 0.2) is 35.4 Å². The first-order valence-corrected chi connectivity index (χ1v) is 6.90. The highest BCUT2D eigenvalue weighted by atomic mass is 16.1. The lowest BCUT2D eigenvalue weighted by molar-refractivity contribution is 0.936. The first-order chi connectivity index (χ1) is 10.7. The second-order valence-electron chi connectivity index (χ2n) is 4.64. The normalized spacial score (nSPS) is 10.6. The molecule has 0 atom stereocenters. The van der Waals surface area contributed by atoms with Gasteiger partial charge in [0.1, 0.15) is 11.6 Å². The lowest BCUT2D eigenvalue weighted by Gasteiger charge is -2.08. The number of hydrogen-bond acceptors (Lipinski definition) is 6. The van der Waals surface area contributed by atoms with E-state index in [0.717, 1.165) is 17.7 Å². The summed E-state index contributed by atoms with van der Waals surface area (Å²) in [6.07, 6.45) is 4.21. The summed E-state index contributed by atoms with van der Waals surface area (Å²) in [5.41, 5.74) is 1.51. The molecule has 0 unspecified atom stereocenters. The van der Waals surface area contributed by atoms with E-state index >= 15 is 0 Å². The molecule has 3 rings (SSSR count). The predicted molar refractivity (Wildman–Crippen MR) is 81.2 cm³/mol. The van der Waals surface area contributed by atoms with Gasteiger partial charge >= 0.3 is 5.69 Å². The number of nitrogens with zero attached hydrogens (tertiary/aromatic N) is 4. The van der Waals surface area contributed by atoms with Gasteiger partial charge in [0, 0.05) is 29.7 Å². The average molecular weight is 297 g/mol. The van der Waals surface area contributed by atoms with Crippen molar-refractivity contribution >= 4 is 5.82 Å². The number of pyridine rings is 1. The quantitative estimate of drug-likeness (QED) is 0.650. The van der Waals surface area contributed by atoms with Crippen LogP contribution in [-0.4, -0.2) is 30.1 Å². The molecule has 8 heteroatoms. The third-order valence-corrected chi connectivity index (χ3v) is 3.07. The number of hydrogen-bond donors (Lipinski definition) is 3. The van der Waals surface area contributed by atoms with E-state index in [1.807, 2.05) is 25.1 Å². The average Bonchev–Trinajstić information content (AvgIpc) is 2.99. The lowest BCUT2D eigenvalue weighted by atomic mass is 10.2. The largest absolute Gasteiger partial charge is 0.363 e. The highest BCUT2D eigenvalue weighted by molar-refractivity contribution is 5.56. The van der Waals surface area contributed by atoms with Crippen LogP contribution < -0.4 is 11.0 Å². The van der Waals surface area contributed by atoms with Crippen molar-refractivity contribution in [2.24, 2.45) is 0 Å². The topological polar surface area (TPSA) is 112 Å². The number of anilines is 1. The number of H-pyrrole nitrogens is 2. The molecule has 0 fully saturated rings. The first-order valence-electron chi connectivity index (χ1n) is 6.90. The van der Waals surface area contributed by atoms with Gasteiger partial charge in [0.2, 0.25) is 0 Å². The Kier molecular flexibility index (Phi) is 3.90. The zero-order chi connectivity index (χ0) is 15.4. The van der Waals surface area contributed by atoms with E-state index in [0.29, 0.717) is 24.0 Å². The monoisotopic (exact) mass is 297 g/mol. The Labute approximate surface area is 126 Å². The molecule has 0 aliphatic carbocycles. The van der Waals surface area contributed by atoms with Crippen molar-refractivity contribution < 1.29 is 0 Å². The number of rotatable bonds is 5. The van der Waals surface area contributed by atoms with Crippen molar-refractivity contribution in [3.05, 3.63) is 52.6 Å². The molecule has 3 N–H and O–H groups in total. The Balaban J connectivity index is 1.86. The van der Waals surface area contributed by atoms with Crippen LogP contribution in [0.3, 0.4) is 0 Å². The molecule has 3 aromatic rings. The number of nitrogens with one attached hydrogen (secondary N) is 3. The summed E-state index contributed by atoms with van der Waals surface area (Å²) < 4.78 is 0. The summed E-state index contributed by atoms with van der Waals surface area (Å²) in [5.74, 6) is 1.84. The minimum Gasteiger partial charge on any atom is -0.363 e. The van der Waals surface area contributed by atoms with Crippen LogP contribution in [0.4, 0.5) is 5.82 Å². The van der Waals surface area contributed by atoms with Gasteiger partial charge in [0.15, 0.2) is 5.82 Å². The van der Waals surface area contributed by atoms with Crippen LogP contribution in [0.2, 0.25) is 0 Å². The van der Waals surface area contributed by atoms with Gasteiger partial charge in [-0.25, -0.2) is 19.9 Å². The van der Waals surface area contributed by atoms with Gasteiger partial charge < -0.3 is 5.32 Å². The van der Waals surface area contributed by atoms with Crippen LogP contribution in [0.25, 0.3) is 11.4 Å². The maximum absolute atomic E-state index is 11.0. The van der Waals surface area contributed by atoms with Gasteiger partial charge in [-0.3, -0.25) is 9.97 Å². The SMILES string of the molecule is CCc1cc(NCc2n[nH]c(=O)[nH]2)nc(-c2ccncc2)n1. The van der Waals surface area contributed by atoms with Gasteiger partial charge in [0.05, 0.1) is 6.54 Å². The molecule has 22 heavy (non-hydrogen) atoms. The summed E-state index contributed by atoms with van der Waals surface area (Å²) in [6.45, 7) is 2.41. The van der Waals surface area contributed by atoms with Crippen molar-refractivity contribution in [3.8, 4) is 11.4 Å². The van der Waals surface area contributed by atoms with Crippen molar-refractivity contribution in [1.29, 1.82) is 0 Å². The highest BCUT2D eigenvalue weighted by Crippen LogP contribution is 2.17. The molecule has 0 aromatic carbocycles. The third kappa shape index (κ3) is 3.17. The van der Waals surface area contributed by atoms with Crippen molar-refractivity contribution in [2.45, 2.75) is 19.9 Å². The Bertz CT molecular complexity index is 809. The molecule has 0 saturated heterocycles. The molecule has 0 aliphatic rings. The number of aromatic amines is 2. The van der Waals surface area contributed by atoms with Crippen LogP contribution in [-0.2, 0) is 13.0 Å². The zero-order valence-corrected chi connectivity index (χ0v) is 12.0. The van der Waals surface area contributed by atoms with Crippen LogP contribution in [0.5, 0.6) is 0 Å². The lowest BCUT2D eigenvalue weighted by Crippen LogP contribution is -2.07. The minimum absolute atomic E-state index is 0.328. The second kappa shape index (κ2) is 6.17. The van der Waals surface area contributed by atoms with Gasteiger partial charge in [0.25, 0.3) is 0 Å². The molecular weight excluding hydrogens is 282 g/mol. The smallest absolute Gasteiger partial charge is 0.340 e. The molecule has 0 saturated carbocycles. The van der Waals surface area contributed by atoms with Crippen molar-refractivity contribution in [1.82, 2.24) is 30.1 Å². The van der Waals surface area contributed by atoms with E-state index in [-0.39, 0.29) is 5.69 Å². The fourth-order valence-electron chi connectivity index (χ4n) is 1.96. The Morgan fingerprint density at radius 2 is 2.05 bits per heavy atom. The molecular formula is C14H15N7O. The molecule has 3 heterocycles. The van der Waals surface area contributed by atoms with Crippen LogP contribution >= 0.6 is 0 Å². The molecule has 0 aliphatic heterocycles. The molecule has 112 valence electrons. The zero-order valence-electron chi connectivity index (χ0n) is 12.0. The van der Waals surface area contributed by atoms with E-state index in [1.165, 1.54) is 0 Å². The number of aryl methyl sites for hydroxylation is 1. The summed E-state index contributed by atoms with van der Waals surface area (Å²) in [4.78, 5) is 26.6. The van der Waals surface area contributed by atoms with E-state index < -0.39 is 0 Å². The predicted octanol–water partition coefficient (Wildman–Crippen LogP) is 1.12. The molecule has 0 bridgehead atoms. The summed E-state index contributed by atoms with van der Waals surface area (Å²) in [5, 5.41) is 9.31. The van der Waals surface area contributed by atoms with E-state index in [4.69, 9.17) is 0 Å². The van der Waals surface area contributed by atoms with Crippen molar-refractivity contribution in [3.63, 3.8) is 0 Å². The first kappa shape index (κ1) is 13.9. The molecule has 0 spiro atoms. The van der Waals surface area contributed by atoms with Gasteiger partial charge in [-0.15, -0.1) is 0 Å². The number of aromatic nitrogens is 6. The fourth-order valence-corrected chi connectivity index (χ4v) is 1.96. The standard InChI is InChI=1S/C14H15N7O/c1-2-10-7-11(16-8-12-19-14(22)21-20-12)18-13(17-10)9-3-5-15-6-4-9/h3-7H,2,8H2,1H3,(H,16,17,18)(H2,19,20,21,22). The summed E-state index contributed by atoms with van der Waals surface area (Å²) >= 11 is 0. The fraction of sp³-hybridized carbons (Fsp3) is 0.214. The summed E-state index contributed by atoms with van der Waals surface area (Å²) in [6, 6.07) is 5.61. The van der Waals surface area contributed by atoms with Gasteiger partial charge in [-0.2, -0.15) is 5.10 Å². The van der Waals surface area contributed by atoms with E-state index in [1.54, 1.807) is 12.4 Å². The Morgan fingerprint density at radius 3 is 2.73 bits per heavy atom. The minimum atomic E-state index is -0.328. The molecule has 3 aromatic heterocycles. The maximum atomic E-state index is 11.0. The third-order valence-electron chi connectivity index (χ3n) is 3.07. The summed E-state index contributed by atoms with van der Waals surface area (Å²) in [7, 11) is 0. The molecule has 8 nitrogen and oxygen atoms in total. The van der Waals surface area contributed by atoms with Crippen molar-refractivity contribution in [2.75, 3.05) is 5.32 Å². The van der Waals surface area contributed by atoms with E-state index in [9.17, 15) is 4.79 Å². The molecule has 0 radical (unpaired) electrons. The van der Waals surface area contributed by atoms with Gasteiger partial charge in [-0.1, -0.05) is 6.92 Å². The Hall–Kier alpha value is -3.03.